The summed E-state index contributed by atoms with van der Waals surface area (Å²) in [6.07, 6.45) is 0.834. The van der Waals surface area contributed by atoms with Crippen LogP contribution in [0.2, 0.25) is 0 Å². The van der Waals surface area contributed by atoms with Crippen LogP contribution in [0.4, 0.5) is 10.5 Å². The molecule has 0 N–H and O–H groups in total. The summed E-state index contributed by atoms with van der Waals surface area (Å²) in [5.74, 6) is -0.223. The first-order chi connectivity index (χ1) is 13.0. The Balaban J connectivity index is 1.66. The molecule has 1 aliphatic heterocycles. The number of nitrogens with zero attached hydrogens (tertiary/aromatic N) is 3. The van der Waals surface area contributed by atoms with Crippen LogP contribution in [-0.4, -0.2) is 67.0 Å². The number of benzene rings is 1. The summed E-state index contributed by atoms with van der Waals surface area (Å²) < 4.78 is 5.01. The largest absolute Gasteiger partial charge is 0.450 e. The maximum atomic E-state index is 13.2. The molecule has 0 atom stereocenters. The van der Waals surface area contributed by atoms with Crippen LogP contribution < -0.4 is 4.90 Å². The molecule has 0 radical (unpaired) electrons. The van der Waals surface area contributed by atoms with E-state index >= 15 is 0 Å². The van der Waals surface area contributed by atoms with E-state index < -0.39 is 5.41 Å². The van der Waals surface area contributed by atoms with Crippen molar-refractivity contribution in [3.63, 3.8) is 0 Å². The molecule has 0 unspecified atom stereocenters. The molecule has 0 spiro atoms. The second kappa shape index (κ2) is 7.98. The molecule has 7 nitrogen and oxygen atoms in total. The molecule has 1 aliphatic carbocycles. The molecule has 1 saturated carbocycles. The van der Waals surface area contributed by atoms with Gasteiger partial charge in [0.1, 0.15) is 5.41 Å². The van der Waals surface area contributed by atoms with E-state index in [-0.39, 0.29) is 17.9 Å². The van der Waals surface area contributed by atoms with E-state index in [0.717, 1.165) is 5.69 Å². The molecule has 0 aromatic heterocycles. The third-order valence-electron chi connectivity index (χ3n) is 5.29. The number of amides is 3. The highest BCUT2D eigenvalue weighted by Gasteiger charge is 2.59. The number of ether oxygens (including phenoxy) is 1. The predicted octanol–water partition coefficient (Wildman–Crippen LogP) is 2.12. The lowest BCUT2D eigenvalue weighted by Gasteiger charge is -2.36. The second-order valence-corrected chi connectivity index (χ2v) is 6.95. The fraction of sp³-hybridized carbons (Fsp3) is 0.550. The molecule has 3 rings (SSSR count). The van der Waals surface area contributed by atoms with E-state index in [9.17, 15) is 14.4 Å². The highest BCUT2D eigenvalue weighted by atomic mass is 16.6. The van der Waals surface area contributed by atoms with Gasteiger partial charge in [0.15, 0.2) is 0 Å². The lowest BCUT2D eigenvalue weighted by molar-refractivity contribution is -0.144. The van der Waals surface area contributed by atoms with Crippen molar-refractivity contribution in [2.24, 2.45) is 5.41 Å². The zero-order chi connectivity index (χ0) is 19.4. The summed E-state index contributed by atoms with van der Waals surface area (Å²) in [6.45, 7) is 6.29. The Hall–Kier alpha value is -2.57. The predicted molar refractivity (Wildman–Crippen MR) is 101 cm³/mol. The van der Waals surface area contributed by atoms with Crippen molar-refractivity contribution in [1.29, 1.82) is 0 Å². The SMILES string of the molecule is CCOC(=O)N1CCN(C(=O)C2(C(=O)N(CC)c3ccccc3)CC2)CC1. The Morgan fingerprint density at radius 3 is 2.11 bits per heavy atom. The second-order valence-electron chi connectivity index (χ2n) is 6.95. The zero-order valence-electron chi connectivity index (χ0n) is 16.0. The molecular formula is C20H27N3O4. The first kappa shape index (κ1) is 19.2. The summed E-state index contributed by atoms with van der Waals surface area (Å²) in [5, 5.41) is 0. The first-order valence-electron chi connectivity index (χ1n) is 9.61. The van der Waals surface area contributed by atoms with Crippen molar-refractivity contribution in [3.05, 3.63) is 30.3 Å². The highest BCUT2D eigenvalue weighted by Crippen LogP contribution is 2.49. The van der Waals surface area contributed by atoms with Gasteiger partial charge in [0.2, 0.25) is 11.8 Å². The van der Waals surface area contributed by atoms with Crippen molar-refractivity contribution in [1.82, 2.24) is 9.80 Å². The molecular weight excluding hydrogens is 346 g/mol. The van der Waals surface area contributed by atoms with Crippen LogP contribution in [0.3, 0.4) is 0 Å². The van der Waals surface area contributed by atoms with Gasteiger partial charge in [-0.15, -0.1) is 0 Å². The maximum absolute atomic E-state index is 13.2. The molecule has 27 heavy (non-hydrogen) atoms. The van der Waals surface area contributed by atoms with E-state index in [1.165, 1.54) is 0 Å². The molecule has 2 aliphatic rings. The minimum Gasteiger partial charge on any atom is -0.450 e. The lowest BCUT2D eigenvalue weighted by atomic mass is 10.0. The van der Waals surface area contributed by atoms with Gasteiger partial charge in [0, 0.05) is 38.4 Å². The van der Waals surface area contributed by atoms with Crippen LogP contribution in [-0.2, 0) is 14.3 Å². The average molecular weight is 373 g/mol. The molecule has 3 amide bonds. The minimum absolute atomic E-state index is 0.106. The monoisotopic (exact) mass is 373 g/mol. The molecule has 7 heteroatoms. The molecule has 0 bridgehead atoms. The summed E-state index contributed by atoms with van der Waals surface area (Å²) in [7, 11) is 0. The third kappa shape index (κ3) is 3.77. The van der Waals surface area contributed by atoms with Gasteiger partial charge < -0.3 is 19.4 Å². The van der Waals surface area contributed by atoms with Crippen LogP contribution in [0.15, 0.2) is 30.3 Å². The number of anilines is 1. The number of hydrogen-bond donors (Lipinski definition) is 0. The number of carbonyl (C=O) groups is 3. The lowest BCUT2D eigenvalue weighted by Crippen LogP contribution is -2.54. The van der Waals surface area contributed by atoms with Crippen LogP contribution in [0.1, 0.15) is 26.7 Å². The van der Waals surface area contributed by atoms with Crippen molar-refractivity contribution in [2.45, 2.75) is 26.7 Å². The van der Waals surface area contributed by atoms with Crippen molar-refractivity contribution in [3.8, 4) is 0 Å². The van der Waals surface area contributed by atoms with E-state index in [2.05, 4.69) is 0 Å². The summed E-state index contributed by atoms with van der Waals surface area (Å²) in [4.78, 5) is 43.2. The molecule has 2 fully saturated rings. The van der Waals surface area contributed by atoms with Gasteiger partial charge in [-0.25, -0.2) is 4.79 Å². The molecule has 1 heterocycles. The van der Waals surface area contributed by atoms with E-state index in [1.54, 1.807) is 21.6 Å². The fourth-order valence-electron chi connectivity index (χ4n) is 3.56. The first-order valence-corrected chi connectivity index (χ1v) is 9.61. The number of piperazine rings is 1. The molecule has 146 valence electrons. The third-order valence-corrected chi connectivity index (χ3v) is 5.29. The highest BCUT2D eigenvalue weighted by molar-refractivity contribution is 6.14. The Morgan fingerprint density at radius 1 is 1.00 bits per heavy atom. The smallest absolute Gasteiger partial charge is 0.409 e. The number of para-hydroxylation sites is 1. The van der Waals surface area contributed by atoms with E-state index in [0.29, 0.717) is 52.2 Å². The Kier molecular flexibility index (Phi) is 5.68. The van der Waals surface area contributed by atoms with Gasteiger partial charge in [-0.05, 0) is 38.8 Å². The zero-order valence-corrected chi connectivity index (χ0v) is 16.0. The Bertz CT molecular complexity index is 694. The molecule has 1 aromatic rings. The number of carbonyl (C=O) groups excluding carboxylic acids is 3. The average Bonchev–Trinajstić information content (AvgIpc) is 3.51. The van der Waals surface area contributed by atoms with Gasteiger partial charge >= 0.3 is 6.09 Å². The van der Waals surface area contributed by atoms with E-state index in [4.69, 9.17) is 4.74 Å². The van der Waals surface area contributed by atoms with Gasteiger partial charge in [-0.1, -0.05) is 18.2 Å². The van der Waals surface area contributed by atoms with Crippen LogP contribution in [0.5, 0.6) is 0 Å². The van der Waals surface area contributed by atoms with Crippen molar-refractivity contribution < 1.29 is 19.1 Å². The minimum atomic E-state index is -0.933. The van der Waals surface area contributed by atoms with Crippen LogP contribution in [0, 0.1) is 5.41 Å². The standard InChI is InChI=1S/C20H27N3O4/c1-3-23(16-8-6-5-7-9-16)18(25)20(10-11-20)17(24)21-12-14-22(15-13-21)19(26)27-4-2/h5-9H,3-4,10-15H2,1-2H3. The van der Waals surface area contributed by atoms with Gasteiger partial charge in [0.25, 0.3) is 0 Å². The Labute approximate surface area is 159 Å². The van der Waals surface area contributed by atoms with Crippen LogP contribution >= 0.6 is 0 Å². The number of hydrogen-bond acceptors (Lipinski definition) is 4. The van der Waals surface area contributed by atoms with Crippen LogP contribution in [0.25, 0.3) is 0 Å². The topological polar surface area (TPSA) is 70.2 Å². The summed E-state index contributed by atoms with van der Waals surface area (Å²) in [6, 6.07) is 9.46. The summed E-state index contributed by atoms with van der Waals surface area (Å²) >= 11 is 0. The molecule has 1 saturated heterocycles. The molecule has 1 aromatic carbocycles. The number of rotatable bonds is 5. The van der Waals surface area contributed by atoms with Gasteiger partial charge in [-0.2, -0.15) is 0 Å². The van der Waals surface area contributed by atoms with Gasteiger partial charge in [-0.3, -0.25) is 9.59 Å². The van der Waals surface area contributed by atoms with E-state index in [1.807, 2.05) is 37.3 Å². The Morgan fingerprint density at radius 2 is 1.59 bits per heavy atom. The van der Waals surface area contributed by atoms with Crippen molar-refractivity contribution in [2.75, 3.05) is 44.2 Å². The quantitative estimate of drug-likeness (QED) is 0.742. The summed E-state index contributed by atoms with van der Waals surface area (Å²) in [5.41, 5.74) is -0.117. The maximum Gasteiger partial charge on any atom is 0.409 e. The van der Waals surface area contributed by atoms with Gasteiger partial charge in [0.05, 0.1) is 6.61 Å². The van der Waals surface area contributed by atoms with Crippen molar-refractivity contribution >= 4 is 23.6 Å². The fourth-order valence-corrected chi connectivity index (χ4v) is 3.56. The normalized spacial score (nSPS) is 18.0.